The van der Waals surface area contributed by atoms with Crippen molar-refractivity contribution < 1.29 is 14.2 Å². The van der Waals surface area contributed by atoms with Crippen molar-refractivity contribution in [3.8, 4) is 11.5 Å². The van der Waals surface area contributed by atoms with Crippen molar-refractivity contribution in [2.75, 3.05) is 50.7 Å². The minimum absolute atomic E-state index is 0.572. The van der Waals surface area contributed by atoms with Gasteiger partial charge in [-0.2, -0.15) is 0 Å². The van der Waals surface area contributed by atoms with Gasteiger partial charge in [0, 0.05) is 25.2 Å². The van der Waals surface area contributed by atoms with E-state index in [0.29, 0.717) is 24.7 Å². The highest BCUT2D eigenvalue weighted by Gasteiger charge is 2.17. The molecule has 0 atom stereocenters. The third-order valence-electron chi connectivity index (χ3n) is 3.00. The van der Waals surface area contributed by atoms with Crippen LogP contribution in [-0.2, 0) is 4.74 Å². The topological polar surface area (TPSA) is 69.0 Å². The smallest absolute Gasteiger partial charge is 0.163 e. The van der Waals surface area contributed by atoms with Gasteiger partial charge in [-0.1, -0.05) is 0 Å². The van der Waals surface area contributed by atoms with E-state index in [1.54, 1.807) is 6.07 Å². The van der Waals surface area contributed by atoms with Crippen LogP contribution in [-0.4, -0.2) is 44.5 Å². The highest BCUT2D eigenvalue weighted by molar-refractivity contribution is 5.71. The summed E-state index contributed by atoms with van der Waals surface area (Å²) in [6, 6.07) is 3.69. The molecular formula is C12H17N3O3. The molecule has 1 aromatic rings. The Balaban J connectivity index is 1.78. The summed E-state index contributed by atoms with van der Waals surface area (Å²) in [4.78, 5) is 0. The molecule has 98 valence electrons. The van der Waals surface area contributed by atoms with Crippen LogP contribution >= 0.6 is 0 Å². The van der Waals surface area contributed by atoms with Crippen LogP contribution in [0, 0.1) is 0 Å². The SMILES string of the molecule is Nc1cc2c(cc1NN1CCOCC1)OCCO2. The summed E-state index contributed by atoms with van der Waals surface area (Å²) in [5.41, 5.74) is 10.8. The van der Waals surface area contributed by atoms with E-state index >= 15 is 0 Å². The number of nitrogen functional groups attached to an aromatic ring is 1. The van der Waals surface area contributed by atoms with Crippen LogP contribution < -0.4 is 20.6 Å². The fourth-order valence-electron chi connectivity index (χ4n) is 2.05. The number of ether oxygens (including phenoxy) is 3. The number of hydrogen-bond acceptors (Lipinski definition) is 6. The summed E-state index contributed by atoms with van der Waals surface area (Å²) in [6.45, 7) is 4.30. The van der Waals surface area contributed by atoms with Gasteiger partial charge in [0.25, 0.3) is 0 Å². The average molecular weight is 251 g/mol. The second-order valence-corrected chi connectivity index (χ2v) is 4.29. The summed E-state index contributed by atoms with van der Waals surface area (Å²) in [5, 5.41) is 2.09. The molecule has 1 fully saturated rings. The zero-order chi connectivity index (χ0) is 12.4. The molecule has 0 bridgehead atoms. The lowest BCUT2D eigenvalue weighted by Crippen LogP contribution is -2.40. The van der Waals surface area contributed by atoms with E-state index in [-0.39, 0.29) is 0 Å². The van der Waals surface area contributed by atoms with Gasteiger partial charge in [0.2, 0.25) is 0 Å². The van der Waals surface area contributed by atoms with Crippen molar-refractivity contribution in [2.24, 2.45) is 0 Å². The van der Waals surface area contributed by atoms with Crippen molar-refractivity contribution in [3.63, 3.8) is 0 Å². The number of benzene rings is 1. The summed E-state index contributed by atoms with van der Waals surface area (Å²) in [5.74, 6) is 1.46. The quantitative estimate of drug-likeness (QED) is 0.754. The van der Waals surface area contributed by atoms with Crippen molar-refractivity contribution >= 4 is 11.4 Å². The molecule has 1 saturated heterocycles. The van der Waals surface area contributed by atoms with Gasteiger partial charge in [-0.05, 0) is 0 Å². The first kappa shape index (κ1) is 11.4. The fourth-order valence-corrected chi connectivity index (χ4v) is 2.05. The van der Waals surface area contributed by atoms with Crippen molar-refractivity contribution in [1.29, 1.82) is 0 Å². The minimum Gasteiger partial charge on any atom is -0.486 e. The van der Waals surface area contributed by atoms with Gasteiger partial charge in [0.05, 0.1) is 24.6 Å². The Hall–Kier alpha value is -1.66. The van der Waals surface area contributed by atoms with Gasteiger partial charge in [-0.25, -0.2) is 5.01 Å². The second-order valence-electron chi connectivity index (χ2n) is 4.29. The Bertz CT molecular complexity index is 433. The molecule has 1 aromatic carbocycles. The standard InChI is InChI=1S/C12H17N3O3/c13-9-7-11-12(18-6-5-17-11)8-10(9)14-15-1-3-16-4-2-15/h7-8,14H,1-6,13H2. The molecule has 0 spiro atoms. The Morgan fingerprint density at radius 1 is 1.00 bits per heavy atom. The molecule has 0 saturated carbocycles. The van der Waals surface area contributed by atoms with E-state index in [0.717, 1.165) is 37.7 Å². The molecule has 2 heterocycles. The first-order valence-electron chi connectivity index (χ1n) is 6.11. The number of morpholine rings is 1. The van der Waals surface area contributed by atoms with Gasteiger partial charge in [0.1, 0.15) is 13.2 Å². The highest BCUT2D eigenvalue weighted by Crippen LogP contribution is 2.37. The maximum atomic E-state index is 6.01. The number of fused-ring (bicyclic) bond motifs is 1. The van der Waals surface area contributed by atoms with Crippen molar-refractivity contribution in [2.45, 2.75) is 0 Å². The summed E-state index contributed by atoms with van der Waals surface area (Å²) in [7, 11) is 0. The lowest BCUT2D eigenvalue weighted by Gasteiger charge is -2.29. The molecule has 0 radical (unpaired) electrons. The minimum atomic E-state index is 0.572. The third-order valence-corrected chi connectivity index (χ3v) is 3.00. The normalized spacial score (nSPS) is 19.6. The molecule has 6 nitrogen and oxygen atoms in total. The monoisotopic (exact) mass is 251 g/mol. The lowest BCUT2D eigenvalue weighted by atomic mass is 10.2. The number of anilines is 2. The largest absolute Gasteiger partial charge is 0.486 e. The third kappa shape index (κ3) is 2.30. The van der Waals surface area contributed by atoms with Crippen molar-refractivity contribution in [1.82, 2.24) is 5.01 Å². The van der Waals surface area contributed by atoms with Gasteiger partial charge in [0.15, 0.2) is 11.5 Å². The molecule has 0 amide bonds. The number of rotatable bonds is 2. The molecular weight excluding hydrogens is 234 g/mol. The number of nitrogens with one attached hydrogen (secondary N) is 1. The highest BCUT2D eigenvalue weighted by atomic mass is 16.6. The van der Waals surface area contributed by atoms with E-state index in [2.05, 4.69) is 10.4 Å². The molecule has 3 rings (SSSR count). The zero-order valence-electron chi connectivity index (χ0n) is 10.1. The average Bonchev–Trinajstić information content (AvgIpc) is 2.41. The van der Waals surface area contributed by atoms with Crippen LogP contribution in [0.4, 0.5) is 11.4 Å². The molecule has 2 aliphatic rings. The van der Waals surface area contributed by atoms with Crippen molar-refractivity contribution in [3.05, 3.63) is 12.1 Å². The van der Waals surface area contributed by atoms with Gasteiger partial charge in [-0.15, -0.1) is 0 Å². The second kappa shape index (κ2) is 4.91. The van der Waals surface area contributed by atoms with Crippen LogP contribution in [0.15, 0.2) is 12.1 Å². The van der Waals surface area contributed by atoms with Crippen LogP contribution in [0.3, 0.4) is 0 Å². The molecule has 0 aromatic heterocycles. The predicted octanol–water partition coefficient (Wildman–Crippen LogP) is 0.699. The van der Waals surface area contributed by atoms with Gasteiger partial charge >= 0.3 is 0 Å². The van der Waals surface area contributed by atoms with Gasteiger partial charge in [-0.3, -0.25) is 0 Å². The molecule has 3 N–H and O–H groups in total. The van der Waals surface area contributed by atoms with E-state index in [9.17, 15) is 0 Å². The van der Waals surface area contributed by atoms with Crippen LogP contribution in [0.25, 0.3) is 0 Å². The molecule has 6 heteroatoms. The maximum absolute atomic E-state index is 6.01. The fraction of sp³-hybridized carbons (Fsp3) is 0.500. The Kier molecular flexibility index (Phi) is 3.12. The molecule has 2 aliphatic heterocycles. The Morgan fingerprint density at radius 2 is 1.67 bits per heavy atom. The zero-order valence-corrected chi connectivity index (χ0v) is 10.1. The maximum Gasteiger partial charge on any atom is 0.163 e. The van der Waals surface area contributed by atoms with Crippen LogP contribution in [0.5, 0.6) is 11.5 Å². The number of hydrazine groups is 1. The molecule has 0 aliphatic carbocycles. The first-order chi connectivity index (χ1) is 8.83. The first-order valence-corrected chi connectivity index (χ1v) is 6.11. The summed E-state index contributed by atoms with van der Waals surface area (Å²) < 4.78 is 16.3. The number of nitrogens with zero attached hydrogens (tertiary/aromatic N) is 1. The summed E-state index contributed by atoms with van der Waals surface area (Å²) in [6.07, 6.45) is 0. The predicted molar refractivity (Wildman–Crippen MR) is 67.9 cm³/mol. The number of nitrogens with two attached hydrogens (primary N) is 1. The van der Waals surface area contributed by atoms with E-state index in [1.807, 2.05) is 6.07 Å². The Labute approximate surface area is 106 Å². The van der Waals surface area contributed by atoms with E-state index in [4.69, 9.17) is 19.9 Å². The van der Waals surface area contributed by atoms with E-state index < -0.39 is 0 Å². The van der Waals surface area contributed by atoms with Crippen LogP contribution in [0.2, 0.25) is 0 Å². The molecule has 0 unspecified atom stereocenters. The lowest BCUT2D eigenvalue weighted by molar-refractivity contribution is 0.0497. The number of hydrogen-bond donors (Lipinski definition) is 2. The van der Waals surface area contributed by atoms with Crippen LogP contribution in [0.1, 0.15) is 0 Å². The Morgan fingerprint density at radius 3 is 2.39 bits per heavy atom. The molecule has 18 heavy (non-hydrogen) atoms. The van der Waals surface area contributed by atoms with Gasteiger partial charge < -0.3 is 25.4 Å². The summed E-state index contributed by atoms with van der Waals surface area (Å²) >= 11 is 0. The van der Waals surface area contributed by atoms with E-state index in [1.165, 1.54) is 0 Å².